The highest BCUT2D eigenvalue weighted by molar-refractivity contribution is 5.87. The Morgan fingerprint density at radius 1 is 1.03 bits per heavy atom. The van der Waals surface area contributed by atoms with Gasteiger partial charge in [-0.15, -0.1) is 0 Å². The molecule has 2 aromatic heterocycles. The quantitative estimate of drug-likeness (QED) is 0.192. The molecule has 0 amide bonds. The van der Waals surface area contributed by atoms with Gasteiger partial charge in [0.2, 0.25) is 0 Å². The number of hydrogen-bond donors (Lipinski definition) is 0. The molecule has 0 radical (unpaired) electrons. The molecule has 4 aromatic rings. The highest BCUT2D eigenvalue weighted by Crippen LogP contribution is 2.28. The molecule has 0 N–H and O–H groups in total. The van der Waals surface area contributed by atoms with Crippen molar-refractivity contribution in [2.75, 3.05) is 13.2 Å². The van der Waals surface area contributed by atoms with Crippen molar-refractivity contribution in [1.29, 1.82) is 0 Å². The molecule has 1 aliphatic heterocycles. The number of nitrogens with zero attached hydrogens (tertiary/aromatic N) is 3. The SMILES string of the molecule is O=C(/C=C/c1ccccc1CCOc1ccc(-c2ccnn2C2CCCCO2)nc1)OCc1ccccc1. The van der Waals surface area contributed by atoms with Gasteiger partial charge in [-0.25, -0.2) is 9.48 Å². The first-order chi connectivity index (χ1) is 18.8. The van der Waals surface area contributed by atoms with Gasteiger partial charge in [0.05, 0.1) is 24.2 Å². The number of aromatic nitrogens is 3. The van der Waals surface area contributed by atoms with Gasteiger partial charge < -0.3 is 14.2 Å². The minimum Gasteiger partial charge on any atom is -0.492 e. The first-order valence-corrected chi connectivity index (χ1v) is 13.0. The van der Waals surface area contributed by atoms with Crippen LogP contribution in [0, 0.1) is 0 Å². The van der Waals surface area contributed by atoms with Crippen LogP contribution in [0.2, 0.25) is 0 Å². The van der Waals surface area contributed by atoms with Crippen LogP contribution in [0.25, 0.3) is 17.5 Å². The van der Waals surface area contributed by atoms with Gasteiger partial charge in [-0.1, -0.05) is 54.6 Å². The molecule has 0 saturated carbocycles. The number of pyridine rings is 1. The lowest BCUT2D eigenvalue weighted by molar-refractivity contribution is -0.138. The Hall–Kier alpha value is -4.23. The van der Waals surface area contributed by atoms with Crippen LogP contribution >= 0.6 is 0 Å². The molecule has 1 fully saturated rings. The molecule has 7 nitrogen and oxygen atoms in total. The molecule has 0 aliphatic carbocycles. The van der Waals surface area contributed by atoms with E-state index in [-0.39, 0.29) is 18.8 Å². The highest BCUT2D eigenvalue weighted by atomic mass is 16.5. The summed E-state index contributed by atoms with van der Waals surface area (Å²) in [6, 6.07) is 23.4. The minimum atomic E-state index is -0.373. The molecule has 1 saturated heterocycles. The average Bonchev–Trinajstić information content (AvgIpc) is 3.47. The van der Waals surface area contributed by atoms with Crippen LogP contribution in [-0.4, -0.2) is 33.9 Å². The Kier molecular flexibility index (Phi) is 8.58. The summed E-state index contributed by atoms with van der Waals surface area (Å²) in [5.41, 5.74) is 4.77. The second-order valence-electron chi connectivity index (χ2n) is 9.09. The predicted molar refractivity (Wildman–Crippen MR) is 145 cm³/mol. The molecule has 3 heterocycles. The zero-order valence-corrected chi connectivity index (χ0v) is 21.2. The number of carbonyl (C=O) groups excluding carboxylic acids is 1. The van der Waals surface area contributed by atoms with E-state index in [4.69, 9.17) is 14.2 Å². The second-order valence-corrected chi connectivity index (χ2v) is 9.09. The van der Waals surface area contributed by atoms with Crippen molar-refractivity contribution in [3.05, 3.63) is 108 Å². The van der Waals surface area contributed by atoms with E-state index in [0.717, 1.165) is 53.9 Å². The molecular weight excluding hydrogens is 478 g/mol. The van der Waals surface area contributed by atoms with Gasteiger partial charge in [-0.05, 0) is 60.2 Å². The largest absolute Gasteiger partial charge is 0.492 e. The van der Waals surface area contributed by atoms with Gasteiger partial charge in [0.25, 0.3) is 0 Å². The van der Waals surface area contributed by atoms with E-state index in [9.17, 15) is 4.79 Å². The number of esters is 1. The van der Waals surface area contributed by atoms with E-state index < -0.39 is 0 Å². The van der Waals surface area contributed by atoms with Crippen LogP contribution in [0.3, 0.4) is 0 Å². The summed E-state index contributed by atoms with van der Waals surface area (Å²) >= 11 is 0. The molecule has 7 heteroatoms. The fourth-order valence-corrected chi connectivity index (χ4v) is 4.42. The molecule has 38 heavy (non-hydrogen) atoms. The van der Waals surface area contributed by atoms with E-state index >= 15 is 0 Å². The molecule has 0 bridgehead atoms. The smallest absolute Gasteiger partial charge is 0.331 e. The normalized spacial score (nSPS) is 15.4. The predicted octanol–water partition coefficient (Wildman–Crippen LogP) is 6.02. The molecular formula is C31H31N3O4. The zero-order valence-electron chi connectivity index (χ0n) is 21.2. The monoisotopic (exact) mass is 509 g/mol. The Bertz CT molecular complexity index is 1340. The fourth-order valence-electron chi connectivity index (χ4n) is 4.42. The second kappa shape index (κ2) is 12.8. The van der Waals surface area contributed by atoms with E-state index in [2.05, 4.69) is 10.1 Å². The summed E-state index contributed by atoms with van der Waals surface area (Å²) in [6.45, 7) is 1.50. The summed E-state index contributed by atoms with van der Waals surface area (Å²) in [5, 5.41) is 4.47. The number of benzene rings is 2. The van der Waals surface area contributed by atoms with Crippen LogP contribution in [0.5, 0.6) is 5.75 Å². The molecule has 1 atom stereocenters. The van der Waals surface area contributed by atoms with Gasteiger partial charge >= 0.3 is 5.97 Å². The Balaban J connectivity index is 1.14. The van der Waals surface area contributed by atoms with Gasteiger partial charge in [0.15, 0.2) is 6.23 Å². The van der Waals surface area contributed by atoms with Crippen LogP contribution in [-0.2, 0) is 27.3 Å². The van der Waals surface area contributed by atoms with Gasteiger partial charge in [-0.3, -0.25) is 4.98 Å². The minimum absolute atomic E-state index is 0.0358. The summed E-state index contributed by atoms with van der Waals surface area (Å²) in [5.74, 6) is 0.328. The van der Waals surface area contributed by atoms with Gasteiger partial charge in [-0.2, -0.15) is 5.10 Å². The Labute approximate surface area is 222 Å². The van der Waals surface area contributed by atoms with E-state index in [1.165, 1.54) is 6.08 Å². The third-order valence-corrected chi connectivity index (χ3v) is 6.42. The lowest BCUT2D eigenvalue weighted by Gasteiger charge is -2.24. The van der Waals surface area contributed by atoms with Crippen LogP contribution in [0.15, 0.2) is 91.3 Å². The Morgan fingerprint density at radius 3 is 2.71 bits per heavy atom. The van der Waals surface area contributed by atoms with Crippen molar-refractivity contribution in [1.82, 2.24) is 14.8 Å². The number of hydrogen-bond acceptors (Lipinski definition) is 6. The van der Waals surface area contributed by atoms with E-state index in [1.54, 1.807) is 18.5 Å². The maximum atomic E-state index is 12.2. The fraction of sp³-hybridized carbons (Fsp3) is 0.258. The van der Waals surface area contributed by atoms with Crippen LogP contribution in [0.1, 0.15) is 42.2 Å². The van der Waals surface area contributed by atoms with Gasteiger partial charge in [0.1, 0.15) is 12.4 Å². The van der Waals surface area contributed by atoms with Crippen LogP contribution in [0.4, 0.5) is 0 Å². The first kappa shape index (κ1) is 25.4. The van der Waals surface area contributed by atoms with Crippen molar-refractivity contribution in [2.45, 2.75) is 38.5 Å². The summed E-state index contributed by atoms with van der Waals surface area (Å²) in [6.07, 6.45) is 10.6. The van der Waals surface area contributed by atoms with Crippen LogP contribution < -0.4 is 4.74 Å². The molecule has 5 rings (SSSR count). The highest BCUT2D eigenvalue weighted by Gasteiger charge is 2.20. The van der Waals surface area contributed by atoms with Gasteiger partial charge in [0, 0.05) is 25.3 Å². The molecule has 0 spiro atoms. The maximum Gasteiger partial charge on any atom is 0.331 e. The third-order valence-electron chi connectivity index (χ3n) is 6.42. The molecule has 1 aliphatic rings. The molecule has 194 valence electrons. The molecule has 1 unspecified atom stereocenters. The lowest BCUT2D eigenvalue weighted by Crippen LogP contribution is -2.20. The topological polar surface area (TPSA) is 75.5 Å². The first-order valence-electron chi connectivity index (χ1n) is 13.0. The third kappa shape index (κ3) is 6.75. The van der Waals surface area contributed by atoms with Crippen molar-refractivity contribution in [3.8, 4) is 17.1 Å². The summed E-state index contributed by atoms with van der Waals surface area (Å²) in [4.78, 5) is 16.8. The van der Waals surface area contributed by atoms with Crippen molar-refractivity contribution < 1.29 is 19.0 Å². The van der Waals surface area contributed by atoms with E-state index in [0.29, 0.717) is 18.8 Å². The van der Waals surface area contributed by atoms with E-state index in [1.807, 2.05) is 77.5 Å². The lowest BCUT2D eigenvalue weighted by atomic mass is 10.0. The Morgan fingerprint density at radius 2 is 1.89 bits per heavy atom. The van der Waals surface area contributed by atoms with Crippen molar-refractivity contribution in [3.63, 3.8) is 0 Å². The van der Waals surface area contributed by atoms with Crippen molar-refractivity contribution in [2.24, 2.45) is 0 Å². The van der Waals surface area contributed by atoms with Crippen molar-refractivity contribution >= 4 is 12.0 Å². The molecule has 2 aromatic carbocycles. The average molecular weight is 510 g/mol. The number of carbonyl (C=O) groups is 1. The maximum absolute atomic E-state index is 12.2. The zero-order chi connectivity index (χ0) is 26.0. The number of ether oxygens (including phenoxy) is 3. The standard InChI is InChI=1S/C31H31N3O4/c35-31(38-23-24-8-2-1-3-9-24)16-13-25-10-4-5-11-26(25)18-21-36-27-14-15-28(32-22-27)29-17-19-33-34(29)30-12-6-7-20-37-30/h1-5,8-11,13-17,19,22,30H,6-7,12,18,20-21,23H2/b16-13+. The summed E-state index contributed by atoms with van der Waals surface area (Å²) in [7, 11) is 0. The summed E-state index contributed by atoms with van der Waals surface area (Å²) < 4.78 is 19.1. The number of rotatable bonds is 10.